The number of allylic oxidation sites excluding steroid dienone is 1. The van der Waals surface area contributed by atoms with Crippen molar-refractivity contribution in [1.29, 1.82) is 0 Å². The fourth-order valence-electron chi connectivity index (χ4n) is 0.431. The molecule has 0 aliphatic carbocycles. The van der Waals surface area contributed by atoms with E-state index in [1.54, 1.807) is 0 Å². The van der Waals surface area contributed by atoms with Crippen LogP contribution in [0.15, 0.2) is 12.2 Å². The van der Waals surface area contributed by atoms with E-state index in [0.29, 0.717) is 0 Å². The van der Waals surface area contributed by atoms with Crippen LogP contribution in [0.3, 0.4) is 0 Å². The molecule has 14 heavy (non-hydrogen) atoms. The van der Waals surface area contributed by atoms with Crippen molar-refractivity contribution < 1.29 is 37.4 Å². The summed E-state index contributed by atoms with van der Waals surface area (Å²) in [5.74, 6) is -1.24. The van der Waals surface area contributed by atoms with Crippen LogP contribution in [-0.4, -0.2) is 20.6 Å². The van der Waals surface area contributed by atoms with Crippen LogP contribution in [0.5, 0.6) is 0 Å². The van der Waals surface area contributed by atoms with Gasteiger partial charge in [-0.25, -0.2) is 13.9 Å². The lowest BCUT2D eigenvalue weighted by molar-refractivity contribution is -0.130. The summed E-state index contributed by atoms with van der Waals surface area (Å²) in [6, 6.07) is 0. The summed E-state index contributed by atoms with van der Waals surface area (Å²) in [5.41, 5.74) is 0. The van der Waals surface area contributed by atoms with Crippen LogP contribution < -0.4 is 0 Å². The van der Waals surface area contributed by atoms with Crippen LogP contribution in [0.4, 0.5) is 0 Å². The van der Waals surface area contributed by atoms with Crippen molar-refractivity contribution in [1.82, 2.24) is 0 Å². The second-order valence-electron chi connectivity index (χ2n) is 1.95. The Hall–Kier alpha value is -0.490. The molecule has 1 unspecified atom stereocenters. The highest BCUT2D eigenvalue weighted by molar-refractivity contribution is 7.61. The van der Waals surface area contributed by atoms with Gasteiger partial charge in [-0.05, 0) is 6.92 Å². The standard InChI is InChI=1S/C4H8O8P2/c1-2-3-4(5)11-14(9,10)12-13(6,7)8/h2-3H,1H3,(H,9,10)(H2,6,7,8). The number of hydrogen-bond acceptors (Lipinski definition) is 5. The monoisotopic (exact) mass is 246 g/mol. The van der Waals surface area contributed by atoms with E-state index in [2.05, 4.69) is 8.83 Å². The first-order chi connectivity index (χ1) is 6.16. The largest absolute Gasteiger partial charge is 0.538 e. The second kappa shape index (κ2) is 4.84. The van der Waals surface area contributed by atoms with Crippen LogP contribution in [0.2, 0.25) is 0 Å². The predicted octanol–water partition coefficient (Wildman–Crippen LogP) is 0.315. The Bertz CT molecular complexity index is 326. The van der Waals surface area contributed by atoms with Gasteiger partial charge in [-0.1, -0.05) is 6.08 Å². The van der Waals surface area contributed by atoms with Crippen molar-refractivity contribution in [2.75, 3.05) is 0 Å². The van der Waals surface area contributed by atoms with Gasteiger partial charge in [-0.15, -0.1) is 0 Å². The molecule has 0 saturated heterocycles. The molecular formula is C4H8O8P2. The first-order valence-corrected chi connectivity index (χ1v) is 6.15. The molecule has 0 amide bonds. The molecule has 0 aromatic heterocycles. The van der Waals surface area contributed by atoms with E-state index in [1.165, 1.54) is 13.0 Å². The van der Waals surface area contributed by atoms with Crippen molar-refractivity contribution in [2.45, 2.75) is 6.92 Å². The fraction of sp³-hybridized carbons (Fsp3) is 0.250. The van der Waals surface area contributed by atoms with Crippen LogP contribution in [0.25, 0.3) is 0 Å². The van der Waals surface area contributed by atoms with Gasteiger partial charge < -0.3 is 14.3 Å². The molecular weight excluding hydrogens is 238 g/mol. The second-order valence-corrected chi connectivity index (χ2v) is 4.71. The average molecular weight is 246 g/mol. The van der Waals surface area contributed by atoms with Gasteiger partial charge in [0.2, 0.25) is 0 Å². The highest BCUT2D eigenvalue weighted by atomic mass is 31.3. The van der Waals surface area contributed by atoms with Crippen molar-refractivity contribution in [3.05, 3.63) is 12.2 Å². The molecule has 1 atom stereocenters. The number of rotatable bonds is 4. The van der Waals surface area contributed by atoms with Gasteiger partial charge >= 0.3 is 21.6 Å². The SMILES string of the molecule is CC=CC(=O)OP(=O)(O)OP(=O)(O)O. The molecule has 3 N–H and O–H groups in total. The fourth-order valence-corrected chi connectivity index (χ4v) is 1.93. The first kappa shape index (κ1) is 13.5. The average Bonchev–Trinajstić information content (AvgIpc) is 1.78. The van der Waals surface area contributed by atoms with Gasteiger partial charge in [0, 0.05) is 6.08 Å². The Morgan fingerprint density at radius 2 is 1.79 bits per heavy atom. The molecule has 82 valence electrons. The third-order valence-electron chi connectivity index (χ3n) is 0.718. The molecule has 0 rings (SSSR count). The number of phosphoric acid groups is 2. The summed E-state index contributed by atoms with van der Waals surface area (Å²) < 4.78 is 27.9. The van der Waals surface area contributed by atoms with Crippen LogP contribution in [-0.2, 0) is 22.8 Å². The summed E-state index contributed by atoms with van der Waals surface area (Å²) in [7, 11) is -10.2. The smallest absolute Gasteiger partial charge is 0.367 e. The van der Waals surface area contributed by atoms with E-state index >= 15 is 0 Å². The molecule has 0 aliphatic rings. The maximum Gasteiger partial charge on any atom is 0.538 e. The van der Waals surface area contributed by atoms with E-state index in [-0.39, 0.29) is 0 Å². The third kappa shape index (κ3) is 6.97. The van der Waals surface area contributed by atoms with E-state index in [1.807, 2.05) is 0 Å². The van der Waals surface area contributed by atoms with Crippen LogP contribution >= 0.6 is 15.6 Å². The Labute approximate surface area is 79.0 Å². The van der Waals surface area contributed by atoms with Crippen LogP contribution in [0.1, 0.15) is 6.92 Å². The van der Waals surface area contributed by atoms with E-state index < -0.39 is 21.6 Å². The normalized spacial score (nSPS) is 16.6. The number of carbonyl (C=O) groups excluding carboxylic acids is 1. The molecule has 0 bridgehead atoms. The highest BCUT2D eigenvalue weighted by Crippen LogP contribution is 2.57. The predicted molar refractivity (Wildman–Crippen MR) is 43.9 cm³/mol. The Balaban J connectivity index is 4.44. The summed E-state index contributed by atoms with van der Waals surface area (Å²) in [5, 5.41) is 0. The molecule has 0 aromatic carbocycles. The first-order valence-electron chi connectivity index (χ1n) is 3.12. The third-order valence-corrected chi connectivity index (χ3v) is 2.80. The maximum atomic E-state index is 10.7. The lowest BCUT2D eigenvalue weighted by atomic mass is 10.5. The lowest BCUT2D eigenvalue weighted by Crippen LogP contribution is -2.00. The van der Waals surface area contributed by atoms with Crippen molar-refractivity contribution >= 4 is 21.6 Å². The van der Waals surface area contributed by atoms with Crippen molar-refractivity contribution in [3.8, 4) is 0 Å². The molecule has 0 heterocycles. The molecule has 0 fully saturated rings. The topological polar surface area (TPSA) is 130 Å². The highest BCUT2D eigenvalue weighted by Gasteiger charge is 2.34. The zero-order valence-corrected chi connectivity index (χ0v) is 8.72. The number of carbonyl (C=O) groups is 1. The van der Waals surface area contributed by atoms with E-state index in [0.717, 1.165) is 6.08 Å². The quantitative estimate of drug-likeness (QED) is 0.477. The summed E-state index contributed by atoms with van der Waals surface area (Å²) in [6.07, 6.45) is 1.99. The van der Waals surface area contributed by atoms with Gasteiger partial charge in [0.15, 0.2) is 0 Å². The van der Waals surface area contributed by atoms with E-state index in [4.69, 9.17) is 14.7 Å². The number of hydrogen-bond donors (Lipinski definition) is 3. The molecule has 0 aliphatic heterocycles. The Morgan fingerprint density at radius 3 is 2.14 bits per heavy atom. The minimum atomic E-state index is -5.18. The van der Waals surface area contributed by atoms with Gasteiger partial charge in [0.05, 0.1) is 0 Å². The molecule has 10 heteroatoms. The molecule has 0 aromatic rings. The summed E-state index contributed by atoms with van der Waals surface area (Å²) >= 11 is 0. The lowest BCUT2D eigenvalue weighted by Gasteiger charge is -2.10. The molecule has 0 spiro atoms. The Morgan fingerprint density at radius 1 is 1.29 bits per heavy atom. The van der Waals surface area contributed by atoms with Gasteiger partial charge in [0.1, 0.15) is 0 Å². The maximum absolute atomic E-state index is 10.7. The number of phosphoric ester groups is 1. The van der Waals surface area contributed by atoms with Crippen molar-refractivity contribution in [3.63, 3.8) is 0 Å². The van der Waals surface area contributed by atoms with Crippen LogP contribution in [0, 0.1) is 0 Å². The Kier molecular flexibility index (Phi) is 4.67. The summed E-state index contributed by atoms with van der Waals surface area (Å²) in [6.45, 7) is 1.44. The zero-order valence-electron chi connectivity index (χ0n) is 6.93. The van der Waals surface area contributed by atoms with E-state index in [9.17, 15) is 13.9 Å². The molecule has 0 saturated carbocycles. The molecule has 8 nitrogen and oxygen atoms in total. The zero-order chi connectivity index (χ0) is 11.4. The van der Waals surface area contributed by atoms with Gasteiger partial charge in [-0.3, -0.25) is 4.89 Å². The minimum Gasteiger partial charge on any atom is -0.367 e. The minimum absolute atomic E-state index is 0.784. The van der Waals surface area contributed by atoms with Gasteiger partial charge in [0.25, 0.3) is 0 Å². The molecule has 0 radical (unpaired) electrons. The van der Waals surface area contributed by atoms with Crippen molar-refractivity contribution in [2.24, 2.45) is 0 Å². The summed E-state index contributed by atoms with van der Waals surface area (Å²) in [4.78, 5) is 35.5. The van der Waals surface area contributed by atoms with Gasteiger partial charge in [-0.2, -0.15) is 4.31 Å².